The van der Waals surface area contributed by atoms with Crippen LogP contribution in [0.15, 0.2) is 47.9 Å². The van der Waals surface area contributed by atoms with Crippen molar-refractivity contribution in [2.24, 2.45) is 7.05 Å². The van der Waals surface area contributed by atoms with Crippen molar-refractivity contribution in [1.29, 1.82) is 0 Å². The zero-order valence-corrected chi connectivity index (χ0v) is 13.3. The van der Waals surface area contributed by atoms with Crippen molar-refractivity contribution in [3.8, 4) is 11.4 Å². The van der Waals surface area contributed by atoms with E-state index in [0.717, 1.165) is 16.5 Å². The number of pyridine rings is 1. The molecule has 0 aliphatic carbocycles. The maximum Gasteiger partial charge on any atom is 0.191 e. The fourth-order valence-corrected chi connectivity index (χ4v) is 3.03. The molecular weight excluding hydrogens is 323 g/mol. The second-order valence-electron chi connectivity index (χ2n) is 4.63. The van der Waals surface area contributed by atoms with Crippen LogP contribution in [0.1, 0.15) is 5.56 Å². The molecule has 7 heteroatoms. The average Bonchev–Trinajstić information content (AvgIpc) is 2.88. The second kappa shape index (κ2) is 6.46. The number of thioether (sulfide) groups is 1. The molecule has 0 fully saturated rings. The number of aromatic nitrogens is 4. The molecule has 0 amide bonds. The van der Waals surface area contributed by atoms with E-state index in [4.69, 9.17) is 11.6 Å². The molecule has 0 saturated heterocycles. The molecule has 2 heterocycles. The van der Waals surface area contributed by atoms with E-state index >= 15 is 0 Å². The van der Waals surface area contributed by atoms with Crippen LogP contribution in [-0.4, -0.2) is 19.7 Å². The molecule has 0 bridgehead atoms. The molecule has 112 valence electrons. The number of halogens is 2. The van der Waals surface area contributed by atoms with E-state index in [1.165, 1.54) is 17.8 Å². The summed E-state index contributed by atoms with van der Waals surface area (Å²) in [6.45, 7) is 0. The first-order chi connectivity index (χ1) is 10.6. The van der Waals surface area contributed by atoms with Gasteiger partial charge in [0.1, 0.15) is 5.82 Å². The van der Waals surface area contributed by atoms with Crippen molar-refractivity contribution in [1.82, 2.24) is 19.7 Å². The van der Waals surface area contributed by atoms with Gasteiger partial charge in [0.05, 0.1) is 0 Å². The highest BCUT2D eigenvalue weighted by Crippen LogP contribution is 2.26. The Morgan fingerprint density at radius 1 is 1.18 bits per heavy atom. The normalized spacial score (nSPS) is 10.9. The first-order valence-electron chi connectivity index (χ1n) is 6.51. The minimum absolute atomic E-state index is 0.309. The topological polar surface area (TPSA) is 43.6 Å². The summed E-state index contributed by atoms with van der Waals surface area (Å²) in [5, 5.41) is 9.46. The van der Waals surface area contributed by atoms with Crippen LogP contribution in [-0.2, 0) is 12.8 Å². The minimum atomic E-state index is -0.309. The number of hydrogen-bond donors (Lipinski definition) is 0. The summed E-state index contributed by atoms with van der Waals surface area (Å²) in [4.78, 5) is 3.99. The SMILES string of the molecule is Cn1c(SCc2ccc(Cl)cc2F)nnc1-c1ccncc1. The van der Waals surface area contributed by atoms with Gasteiger partial charge in [-0.3, -0.25) is 4.98 Å². The van der Waals surface area contributed by atoms with Gasteiger partial charge in [-0.25, -0.2) is 4.39 Å². The van der Waals surface area contributed by atoms with Crippen LogP contribution >= 0.6 is 23.4 Å². The van der Waals surface area contributed by atoms with Crippen LogP contribution in [0.3, 0.4) is 0 Å². The van der Waals surface area contributed by atoms with Crippen molar-refractivity contribution >= 4 is 23.4 Å². The van der Waals surface area contributed by atoms with Crippen LogP contribution in [0.5, 0.6) is 0 Å². The van der Waals surface area contributed by atoms with Crippen LogP contribution in [0, 0.1) is 5.82 Å². The Morgan fingerprint density at radius 2 is 1.95 bits per heavy atom. The van der Waals surface area contributed by atoms with Crippen LogP contribution < -0.4 is 0 Å². The summed E-state index contributed by atoms with van der Waals surface area (Å²) in [6.07, 6.45) is 3.42. The van der Waals surface area contributed by atoms with Crippen molar-refractivity contribution in [3.63, 3.8) is 0 Å². The lowest BCUT2D eigenvalue weighted by Gasteiger charge is -2.05. The van der Waals surface area contributed by atoms with Crippen molar-refractivity contribution in [3.05, 3.63) is 59.1 Å². The Morgan fingerprint density at radius 3 is 2.68 bits per heavy atom. The molecule has 1 aromatic carbocycles. The average molecular weight is 335 g/mol. The lowest BCUT2D eigenvalue weighted by molar-refractivity contribution is 0.617. The Bertz CT molecular complexity index is 791. The van der Waals surface area contributed by atoms with Gasteiger partial charge in [0, 0.05) is 35.8 Å². The molecule has 3 aromatic rings. The predicted octanol–water partition coefficient (Wildman–Crippen LogP) is 3.96. The van der Waals surface area contributed by atoms with Gasteiger partial charge in [0.25, 0.3) is 0 Å². The van der Waals surface area contributed by atoms with E-state index in [1.54, 1.807) is 24.5 Å². The Hall–Kier alpha value is -1.92. The third-order valence-electron chi connectivity index (χ3n) is 3.15. The predicted molar refractivity (Wildman–Crippen MR) is 85.2 cm³/mol. The van der Waals surface area contributed by atoms with Gasteiger partial charge in [0.2, 0.25) is 0 Å². The standard InChI is InChI=1S/C15H12ClFN4S/c1-21-14(10-4-6-18-7-5-10)19-20-15(21)22-9-11-2-3-12(16)8-13(11)17/h2-8H,9H2,1H3. The highest BCUT2D eigenvalue weighted by Gasteiger charge is 2.12. The molecule has 0 aliphatic rings. The lowest BCUT2D eigenvalue weighted by atomic mass is 10.2. The molecule has 0 atom stereocenters. The van der Waals surface area contributed by atoms with Crippen LogP contribution in [0.25, 0.3) is 11.4 Å². The van der Waals surface area contributed by atoms with Crippen molar-refractivity contribution < 1.29 is 4.39 Å². The van der Waals surface area contributed by atoms with Crippen molar-refractivity contribution in [2.45, 2.75) is 10.9 Å². The molecule has 3 rings (SSSR count). The zero-order valence-electron chi connectivity index (χ0n) is 11.7. The zero-order chi connectivity index (χ0) is 15.5. The first-order valence-corrected chi connectivity index (χ1v) is 7.88. The van der Waals surface area contributed by atoms with Gasteiger partial charge in [-0.1, -0.05) is 29.4 Å². The number of nitrogens with zero attached hydrogens (tertiary/aromatic N) is 4. The van der Waals surface area contributed by atoms with E-state index in [9.17, 15) is 4.39 Å². The maximum absolute atomic E-state index is 13.8. The number of rotatable bonds is 4. The third kappa shape index (κ3) is 3.13. The number of benzene rings is 1. The molecule has 0 N–H and O–H groups in total. The molecule has 2 aromatic heterocycles. The minimum Gasteiger partial charge on any atom is -0.305 e. The third-order valence-corrected chi connectivity index (χ3v) is 4.45. The Labute approximate surface area is 136 Å². The highest BCUT2D eigenvalue weighted by molar-refractivity contribution is 7.98. The summed E-state index contributed by atoms with van der Waals surface area (Å²) in [7, 11) is 1.89. The lowest BCUT2D eigenvalue weighted by Crippen LogP contribution is -1.95. The molecule has 0 aliphatic heterocycles. The molecule has 0 unspecified atom stereocenters. The molecule has 22 heavy (non-hydrogen) atoms. The summed E-state index contributed by atoms with van der Waals surface area (Å²) in [5.74, 6) is 0.906. The summed E-state index contributed by atoms with van der Waals surface area (Å²) in [6, 6.07) is 8.43. The number of hydrogen-bond acceptors (Lipinski definition) is 4. The first kappa shape index (κ1) is 15.0. The smallest absolute Gasteiger partial charge is 0.191 e. The van der Waals surface area contributed by atoms with Gasteiger partial charge in [-0.2, -0.15) is 0 Å². The van der Waals surface area contributed by atoms with Gasteiger partial charge < -0.3 is 4.57 Å². The van der Waals surface area contributed by atoms with E-state index in [0.29, 0.717) is 16.3 Å². The second-order valence-corrected chi connectivity index (χ2v) is 6.00. The van der Waals surface area contributed by atoms with Crippen LogP contribution in [0.4, 0.5) is 4.39 Å². The fourth-order valence-electron chi connectivity index (χ4n) is 1.97. The fraction of sp³-hybridized carbons (Fsp3) is 0.133. The van der Waals surface area contributed by atoms with Crippen molar-refractivity contribution in [2.75, 3.05) is 0 Å². The Kier molecular flexibility index (Phi) is 4.40. The van der Waals surface area contributed by atoms with Gasteiger partial charge >= 0.3 is 0 Å². The van der Waals surface area contributed by atoms with Gasteiger partial charge in [-0.15, -0.1) is 10.2 Å². The quantitative estimate of drug-likeness (QED) is 0.677. The van der Waals surface area contributed by atoms with Gasteiger partial charge in [0.15, 0.2) is 11.0 Å². The largest absolute Gasteiger partial charge is 0.305 e. The molecular formula is C15H12ClFN4S. The van der Waals surface area contributed by atoms with E-state index in [-0.39, 0.29) is 5.82 Å². The van der Waals surface area contributed by atoms with Gasteiger partial charge in [-0.05, 0) is 29.8 Å². The molecule has 4 nitrogen and oxygen atoms in total. The van der Waals surface area contributed by atoms with E-state index < -0.39 is 0 Å². The molecule has 0 saturated carbocycles. The highest BCUT2D eigenvalue weighted by atomic mass is 35.5. The molecule has 0 spiro atoms. The maximum atomic E-state index is 13.8. The van der Waals surface area contributed by atoms with E-state index in [2.05, 4.69) is 15.2 Å². The monoisotopic (exact) mass is 334 g/mol. The van der Waals surface area contributed by atoms with E-state index in [1.807, 2.05) is 23.7 Å². The summed E-state index contributed by atoms with van der Waals surface area (Å²) in [5.41, 5.74) is 1.53. The summed E-state index contributed by atoms with van der Waals surface area (Å²) < 4.78 is 15.7. The molecule has 0 radical (unpaired) electrons. The summed E-state index contributed by atoms with van der Waals surface area (Å²) >= 11 is 7.18. The van der Waals surface area contributed by atoms with Crippen LogP contribution in [0.2, 0.25) is 5.02 Å². The Balaban J connectivity index is 1.78.